The molecule has 1 aromatic carbocycles. The molecular formula is C18H20N2O3. The fraction of sp³-hybridized carbons (Fsp3) is 0.444. The van der Waals surface area contributed by atoms with Gasteiger partial charge in [-0.25, -0.2) is 0 Å². The standard InChI is InChI=1S/C18H20N2O3/c21-16(8-7-14-5-2-1-3-6-14)19-11-9-18-15(19)13-17(22)20(18)10-4-12-23-18/h1-3,5-8,15H,4,9-13H2/b8-7+/t15-,18+/m1/s1. The van der Waals surface area contributed by atoms with Gasteiger partial charge < -0.3 is 14.5 Å². The summed E-state index contributed by atoms with van der Waals surface area (Å²) in [5, 5.41) is 0. The van der Waals surface area contributed by atoms with Gasteiger partial charge in [0.25, 0.3) is 0 Å². The quantitative estimate of drug-likeness (QED) is 0.780. The van der Waals surface area contributed by atoms with Crippen LogP contribution in [0.15, 0.2) is 36.4 Å². The van der Waals surface area contributed by atoms with Crippen LogP contribution >= 0.6 is 0 Å². The zero-order valence-corrected chi connectivity index (χ0v) is 13.0. The van der Waals surface area contributed by atoms with Crippen LogP contribution in [0.4, 0.5) is 0 Å². The zero-order chi connectivity index (χ0) is 15.9. The number of ether oxygens (including phenoxy) is 1. The van der Waals surface area contributed by atoms with Crippen molar-refractivity contribution in [1.82, 2.24) is 9.80 Å². The first-order chi connectivity index (χ1) is 11.2. The van der Waals surface area contributed by atoms with Crippen LogP contribution in [-0.2, 0) is 14.3 Å². The van der Waals surface area contributed by atoms with Crippen molar-refractivity contribution in [2.24, 2.45) is 0 Å². The molecule has 0 unspecified atom stereocenters. The summed E-state index contributed by atoms with van der Waals surface area (Å²) in [6.07, 6.45) is 5.40. The van der Waals surface area contributed by atoms with Gasteiger partial charge in [0.05, 0.1) is 19.1 Å². The van der Waals surface area contributed by atoms with Crippen LogP contribution in [0.3, 0.4) is 0 Å². The predicted octanol–water partition coefficient (Wildman–Crippen LogP) is 1.65. The van der Waals surface area contributed by atoms with E-state index < -0.39 is 5.72 Å². The molecule has 0 aliphatic carbocycles. The molecule has 1 spiro atoms. The highest BCUT2D eigenvalue weighted by Crippen LogP contribution is 2.44. The average molecular weight is 312 g/mol. The van der Waals surface area contributed by atoms with Gasteiger partial charge in [-0.05, 0) is 18.1 Å². The highest BCUT2D eigenvalue weighted by molar-refractivity contribution is 5.93. The number of likely N-dealkylation sites (tertiary alicyclic amines) is 1. The summed E-state index contributed by atoms with van der Waals surface area (Å²) < 4.78 is 6.01. The van der Waals surface area contributed by atoms with E-state index in [1.807, 2.05) is 46.2 Å². The molecule has 3 fully saturated rings. The van der Waals surface area contributed by atoms with E-state index in [4.69, 9.17) is 4.74 Å². The van der Waals surface area contributed by atoms with E-state index in [1.165, 1.54) is 0 Å². The second-order valence-electron chi connectivity index (χ2n) is 6.34. The van der Waals surface area contributed by atoms with Gasteiger partial charge in [0.1, 0.15) is 0 Å². The first-order valence-electron chi connectivity index (χ1n) is 8.19. The highest BCUT2D eigenvalue weighted by Gasteiger charge is 2.61. The summed E-state index contributed by atoms with van der Waals surface area (Å²) in [6, 6.07) is 9.60. The zero-order valence-electron chi connectivity index (χ0n) is 13.0. The predicted molar refractivity (Wildman–Crippen MR) is 85.2 cm³/mol. The van der Waals surface area contributed by atoms with Crippen molar-refractivity contribution in [3.05, 3.63) is 42.0 Å². The summed E-state index contributed by atoms with van der Waals surface area (Å²) in [6.45, 7) is 2.06. The molecule has 3 heterocycles. The third-order valence-electron chi connectivity index (χ3n) is 5.11. The van der Waals surface area contributed by atoms with E-state index >= 15 is 0 Å². The summed E-state index contributed by atoms with van der Waals surface area (Å²) >= 11 is 0. The Balaban J connectivity index is 1.53. The van der Waals surface area contributed by atoms with E-state index in [1.54, 1.807) is 6.08 Å². The molecule has 0 aromatic heterocycles. The van der Waals surface area contributed by atoms with Gasteiger partial charge >= 0.3 is 0 Å². The third-order valence-corrected chi connectivity index (χ3v) is 5.11. The molecule has 5 nitrogen and oxygen atoms in total. The molecule has 3 aliphatic rings. The molecule has 2 atom stereocenters. The number of hydrogen-bond acceptors (Lipinski definition) is 3. The van der Waals surface area contributed by atoms with E-state index in [2.05, 4.69) is 0 Å². The van der Waals surface area contributed by atoms with Crippen LogP contribution in [0.1, 0.15) is 24.8 Å². The lowest BCUT2D eigenvalue weighted by Crippen LogP contribution is -2.56. The van der Waals surface area contributed by atoms with Crippen molar-refractivity contribution in [2.75, 3.05) is 19.7 Å². The molecule has 3 saturated heterocycles. The molecule has 5 heteroatoms. The molecule has 2 amide bonds. The fourth-order valence-electron chi connectivity index (χ4n) is 4.04. The number of amides is 2. The Morgan fingerprint density at radius 1 is 1.26 bits per heavy atom. The van der Waals surface area contributed by atoms with Gasteiger partial charge in [0.2, 0.25) is 11.8 Å². The highest BCUT2D eigenvalue weighted by atomic mass is 16.5. The normalized spacial score (nSPS) is 29.9. The van der Waals surface area contributed by atoms with Crippen molar-refractivity contribution < 1.29 is 14.3 Å². The monoisotopic (exact) mass is 312 g/mol. The van der Waals surface area contributed by atoms with Gasteiger partial charge in [-0.1, -0.05) is 30.3 Å². The molecule has 0 radical (unpaired) electrons. The second-order valence-corrected chi connectivity index (χ2v) is 6.34. The molecule has 4 rings (SSSR count). The lowest BCUT2D eigenvalue weighted by atomic mass is 10.0. The van der Waals surface area contributed by atoms with Crippen LogP contribution in [0.2, 0.25) is 0 Å². The molecule has 23 heavy (non-hydrogen) atoms. The number of benzene rings is 1. The molecule has 0 N–H and O–H groups in total. The first kappa shape index (κ1) is 14.5. The van der Waals surface area contributed by atoms with Crippen LogP contribution in [-0.4, -0.2) is 53.1 Å². The Kier molecular flexibility index (Phi) is 3.45. The second kappa shape index (κ2) is 5.49. The fourth-order valence-corrected chi connectivity index (χ4v) is 4.04. The summed E-state index contributed by atoms with van der Waals surface area (Å²) in [5.74, 6) is 0.0683. The van der Waals surface area contributed by atoms with Crippen LogP contribution in [0.25, 0.3) is 6.08 Å². The van der Waals surface area contributed by atoms with Crippen LogP contribution in [0.5, 0.6) is 0 Å². The molecule has 120 valence electrons. The number of rotatable bonds is 2. The summed E-state index contributed by atoms with van der Waals surface area (Å²) in [5.41, 5.74) is 0.429. The van der Waals surface area contributed by atoms with E-state index in [-0.39, 0.29) is 17.9 Å². The summed E-state index contributed by atoms with van der Waals surface area (Å²) in [4.78, 5) is 28.5. The Morgan fingerprint density at radius 2 is 2.09 bits per heavy atom. The molecule has 0 bridgehead atoms. The lowest BCUT2D eigenvalue weighted by molar-refractivity contribution is -0.181. The molecular weight excluding hydrogens is 292 g/mol. The SMILES string of the molecule is O=C(/C=C/c1ccccc1)N1CC[C@@]23OCCCN2C(=O)C[C@@H]13. The van der Waals surface area contributed by atoms with Gasteiger partial charge in [-0.15, -0.1) is 0 Å². The maximum atomic E-state index is 12.6. The molecule has 0 saturated carbocycles. The van der Waals surface area contributed by atoms with Crippen molar-refractivity contribution in [3.8, 4) is 0 Å². The Labute approximate surface area is 135 Å². The number of carbonyl (C=O) groups is 2. The largest absolute Gasteiger partial charge is 0.353 e. The smallest absolute Gasteiger partial charge is 0.247 e. The van der Waals surface area contributed by atoms with Gasteiger partial charge in [0.15, 0.2) is 5.72 Å². The molecule has 3 aliphatic heterocycles. The topological polar surface area (TPSA) is 49.9 Å². The minimum absolute atomic E-state index is 0.0421. The first-order valence-corrected chi connectivity index (χ1v) is 8.19. The van der Waals surface area contributed by atoms with E-state index in [9.17, 15) is 9.59 Å². The average Bonchev–Trinajstić information content (AvgIpc) is 3.06. The van der Waals surface area contributed by atoms with E-state index in [0.717, 1.165) is 18.5 Å². The minimum Gasteiger partial charge on any atom is -0.353 e. The minimum atomic E-state index is -0.564. The Morgan fingerprint density at radius 3 is 2.91 bits per heavy atom. The Hall–Kier alpha value is -2.14. The number of nitrogens with zero attached hydrogens (tertiary/aromatic N) is 2. The van der Waals surface area contributed by atoms with Crippen LogP contribution < -0.4 is 0 Å². The van der Waals surface area contributed by atoms with Gasteiger partial charge in [-0.2, -0.15) is 0 Å². The van der Waals surface area contributed by atoms with Crippen molar-refractivity contribution in [3.63, 3.8) is 0 Å². The van der Waals surface area contributed by atoms with Crippen molar-refractivity contribution in [2.45, 2.75) is 31.0 Å². The maximum Gasteiger partial charge on any atom is 0.247 e. The van der Waals surface area contributed by atoms with Gasteiger partial charge in [0, 0.05) is 25.6 Å². The van der Waals surface area contributed by atoms with E-state index in [0.29, 0.717) is 26.0 Å². The molecule has 1 aromatic rings. The number of carbonyl (C=O) groups excluding carboxylic acids is 2. The van der Waals surface area contributed by atoms with Crippen LogP contribution in [0, 0.1) is 0 Å². The Bertz CT molecular complexity index is 657. The van der Waals surface area contributed by atoms with Crippen molar-refractivity contribution in [1.29, 1.82) is 0 Å². The van der Waals surface area contributed by atoms with Crippen molar-refractivity contribution >= 4 is 17.9 Å². The third kappa shape index (κ3) is 2.27. The van der Waals surface area contributed by atoms with Gasteiger partial charge in [-0.3, -0.25) is 9.59 Å². The maximum absolute atomic E-state index is 12.6. The lowest BCUT2D eigenvalue weighted by Gasteiger charge is -2.42. The number of hydrogen-bond donors (Lipinski definition) is 0. The summed E-state index contributed by atoms with van der Waals surface area (Å²) in [7, 11) is 0.